The first-order valence-corrected chi connectivity index (χ1v) is 3.44. The van der Waals surface area contributed by atoms with Gasteiger partial charge >= 0.3 is 0 Å². The summed E-state index contributed by atoms with van der Waals surface area (Å²) in [6, 6.07) is 0. The number of rotatable bonds is 3. The number of alkyl halides is 2. The lowest BCUT2D eigenvalue weighted by Crippen LogP contribution is -2.47. The molecule has 2 nitrogen and oxygen atoms in total. The van der Waals surface area contributed by atoms with Crippen molar-refractivity contribution in [1.82, 2.24) is 4.90 Å². The average molecular weight is 150 g/mol. The normalized spacial score (nSPS) is 20.7. The summed E-state index contributed by atoms with van der Waals surface area (Å²) in [5.41, 5.74) is 4.86. The van der Waals surface area contributed by atoms with Crippen LogP contribution < -0.4 is 5.73 Å². The highest BCUT2D eigenvalue weighted by Crippen LogP contribution is 2.16. The van der Waals surface area contributed by atoms with E-state index in [2.05, 4.69) is 0 Å². The van der Waals surface area contributed by atoms with Crippen molar-refractivity contribution in [1.29, 1.82) is 0 Å². The van der Waals surface area contributed by atoms with Gasteiger partial charge in [-0.2, -0.15) is 0 Å². The maximum atomic E-state index is 12.5. The van der Waals surface area contributed by atoms with E-state index in [1.54, 1.807) is 4.90 Å². The van der Waals surface area contributed by atoms with Crippen LogP contribution in [0.5, 0.6) is 0 Å². The summed E-state index contributed by atoms with van der Waals surface area (Å²) in [6.45, 7) is 0.901. The number of nitrogens with zero attached hydrogens (tertiary/aromatic N) is 1. The Morgan fingerprint density at radius 3 is 2.30 bits per heavy atom. The zero-order chi connectivity index (χ0) is 7.61. The summed E-state index contributed by atoms with van der Waals surface area (Å²) < 4.78 is 24.9. The Balaban J connectivity index is 2.21. The van der Waals surface area contributed by atoms with Gasteiger partial charge in [-0.3, -0.25) is 4.90 Å². The lowest BCUT2D eigenvalue weighted by atomic mass is 10.2. The Kier molecular flexibility index (Phi) is 2.21. The number of nitrogens with two attached hydrogens (primary N) is 1. The molecule has 60 valence electrons. The Bertz CT molecular complexity index is 112. The van der Waals surface area contributed by atoms with Crippen LogP contribution in [-0.2, 0) is 0 Å². The van der Waals surface area contributed by atoms with E-state index >= 15 is 0 Å². The third-order valence-electron chi connectivity index (χ3n) is 1.70. The van der Waals surface area contributed by atoms with E-state index in [9.17, 15) is 8.78 Å². The van der Waals surface area contributed by atoms with E-state index < -0.39 is 12.5 Å². The monoisotopic (exact) mass is 150 g/mol. The van der Waals surface area contributed by atoms with Gasteiger partial charge in [0.1, 0.15) is 0 Å². The Morgan fingerprint density at radius 2 is 2.00 bits per heavy atom. The molecule has 0 atom stereocenters. The molecular weight excluding hydrogens is 138 g/mol. The summed E-state index contributed by atoms with van der Waals surface area (Å²) in [6.07, 6.45) is 1.04. The Morgan fingerprint density at radius 1 is 1.40 bits per heavy atom. The van der Waals surface area contributed by atoms with Crippen molar-refractivity contribution in [3.8, 4) is 0 Å². The van der Waals surface area contributed by atoms with Crippen molar-refractivity contribution < 1.29 is 8.78 Å². The van der Waals surface area contributed by atoms with E-state index in [4.69, 9.17) is 5.73 Å². The van der Waals surface area contributed by atoms with E-state index in [1.165, 1.54) is 0 Å². The predicted octanol–water partition coefficient (Wildman–Crippen LogP) is 0.286. The quantitative estimate of drug-likeness (QED) is 0.626. The van der Waals surface area contributed by atoms with Crippen LogP contribution >= 0.6 is 0 Å². The molecule has 10 heavy (non-hydrogen) atoms. The molecule has 0 unspecified atom stereocenters. The highest BCUT2D eigenvalue weighted by molar-refractivity contribution is 4.77. The van der Waals surface area contributed by atoms with Gasteiger partial charge in [0.15, 0.2) is 0 Å². The fraction of sp³-hybridized carbons (Fsp3) is 1.00. The van der Waals surface area contributed by atoms with Crippen LogP contribution in [0.4, 0.5) is 8.78 Å². The molecule has 0 amide bonds. The largest absolute Gasteiger partial charge is 0.325 e. The summed E-state index contributed by atoms with van der Waals surface area (Å²) in [5.74, 6) is -2.68. The number of halogens is 2. The summed E-state index contributed by atoms with van der Waals surface area (Å²) >= 11 is 0. The van der Waals surface area contributed by atoms with E-state index in [1.807, 2.05) is 0 Å². The van der Waals surface area contributed by atoms with Crippen molar-refractivity contribution in [3.63, 3.8) is 0 Å². The minimum atomic E-state index is -2.68. The predicted molar refractivity (Wildman–Crippen MR) is 35.1 cm³/mol. The van der Waals surface area contributed by atoms with Crippen molar-refractivity contribution in [2.45, 2.75) is 12.3 Å². The maximum absolute atomic E-state index is 12.5. The SMILES string of the molecule is NCC(F)(F)CN1CCC1. The van der Waals surface area contributed by atoms with Gasteiger partial charge < -0.3 is 5.73 Å². The van der Waals surface area contributed by atoms with Crippen molar-refractivity contribution in [2.24, 2.45) is 5.73 Å². The first-order valence-electron chi connectivity index (χ1n) is 3.44. The average Bonchev–Trinajstić information content (AvgIpc) is 1.80. The van der Waals surface area contributed by atoms with Gasteiger partial charge in [0.2, 0.25) is 0 Å². The molecule has 1 heterocycles. The molecule has 0 bridgehead atoms. The highest BCUT2D eigenvalue weighted by Gasteiger charge is 2.31. The minimum Gasteiger partial charge on any atom is -0.325 e. The summed E-state index contributed by atoms with van der Waals surface area (Å²) in [5, 5.41) is 0. The van der Waals surface area contributed by atoms with Crippen LogP contribution in [0.2, 0.25) is 0 Å². The van der Waals surface area contributed by atoms with E-state index in [-0.39, 0.29) is 6.54 Å². The second-order valence-electron chi connectivity index (χ2n) is 2.69. The molecule has 1 rings (SSSR count). The molecule has 2 N–H and O–H groups in total. The Hall–Kier alpha value is -0.220. The maximum Gasteiger partial charge on any atom is 0.272 e. The molecule has 0 radical (unpaired) electrons. The fourth-order valence-corrected chi connectivity index (χ4v) is 0.932. The Labute approximate surface area is 59.0 Å². The topological polar surface area (TPSA) is 29.3 Å². The lowest BCUT2D eigenvalue weighted by molar-refractivity contribution is -0.0379. The van der Waals surface area contributed by atoms with Crippen LogP contribution in [0.25, 0.3) is 0 Å². The first kappa shape index (κ1) is 7.88. The second-order valence-corrected chi connectivity index (χ2v) is 2.69. The molecule has 0 aromatic rings. The zero-order valence-corrected chi connectivity index (χ0v) is 5.82. The molecule has 0 spiro atoms. The fourth-order valence-electron chi connectivity index (χ4n) is 0.932. The van der Waals surface area contributed by atoms with E-state index in [0.717, 1.165) is 19.5 Å². The van der Waals surface area contributed by atoms with Gasteiger partial charge in [-0.15, -0.1) is 0 Å². The number of likely N-dealkylation sites (tertiary alicyclic amines) is 1. The third kappa shape index (κ3) is 1.88. The summed E-state index contributed by atoms with van der Waals surface area (Å²) in [4.78, 5) is 1.72. The van der Waals surface area contributed by atoms with Crippen molar-refractivity contribution >= 4 is 0 Å². The van der Waals surface area contributed by atoms with Gasteiger partial charge in [-0.25, -0.2) is 8.78 Å². The minimum absolute atomic E-state index is 0.163. The van der Waals surface area contributed by atoms with Crippen molar-refractivity contribution in [3.05, 3.63) is 0 Å². The second kappa shape index (κ2) is 2.80. The van der Waals surface area contributed by atoms with E-state index in [0.29, 0.717) is 0 Å². The highest BCUT2D eigenvalue weighted by atomic mass is 19.3. The van der Waals surface area contributed by atoms with Gasteiger partial charge in [0.05, 0.1) is 13.1 Å². The number of hydrogen-bond acceptors (Lipinski definition) is 2. The zero-order valence-electron chi connectivity index (χ0n) is 5.82. The molecular formula is C6H12F2N2. The van der Waals surface area contributed by atoms with Crippen LogP contribution in [0.3, 0.4) is 0 Å². The van der Waals surface area contributed by atoms with Crippen LogP contribution in [0.15, 0.2) is 0 Å². The molecule has 4 heteroatoms. The van der Waals surface area contributed by atoms with Crippen LogP contribution in [0, 0.1) is 0 Å². The molecule has 0 aromatic carbocycles. The van der Waals surface area contributed by atoms with Gasteiger partial charge in [-0.05, 0) is 19.5 Å². The third-order valence-corrected chi connectivity index (χ3v) is 1.70. The van der Waals surface area contributed by atoms with Gasteiger partial charge in [-0.1, -0.05) is 0 Å². The molecule has 0 aliphatic carbocycles. The molecule has 1 saturated heterocycles. The summed E-state index contributed by atoms with van der Waals surface area (Å²) in [7, 11) is 0. The van der Waals surface area contributed by atoms with Gasteiger partial charge in [0.25, 0.3) is 5.92 Å². The lowest BCUT2D eigenvalue weighted by Gasteiger charge is -2.33. The molecule has 1 aliphatic heterocycles. The molecule has 0 saturated carbocycles. The first-order chi connectivity index (χ1) is 4.64. The van der Waals surface area contributed by atoms with Gasteiger partial charge in [0, 0.05) is 0 Å². The van der Waals surface area contributed by atoms with Crippen LogP contribution in [0.1, 0.15) is 6.42 Å². The standard InChI is InChI=1S/C6H12F2N2/c7-6(8,4-9)5-10-2-1-3-10/h1-5,9H2. The van der Waals surface area contributed by atoms with Crippen molar-refractivity contribution in [2.75, 3.05) is 26.2 Å². The smallest absolute Gasteiger partial charge is 0.272 e. The molecule has 0 aromatic heterocycles. The molecule has 1 fully saturated rings. The number of hydrogen-bond donors (Lipinski definition) is 1. The molecule has 1 aliphatic rings. The van der Waals surface area contributed by atoms with Crippen LogP contribution in [-0.4, -0.2) is 37.0 Å².